The number of benzene rings is 1. The number of nitrogens with one attached hydrogen (secondary N) is 1. The summed E-state index contributed by atoms with van der Waals surface area (Å²) in [7, 11) is 0. The minimum atomic E-state index is 0.274. The highest BCUT2D eigenvalue weighted by Crippen LogP contribution is 2.31. The zero-order valence-corrected chi connectivity index (χ0v) is 13.5. The molecule has 2 rings (SSSR count). The summed E-state index contributed by atoms with van der Waals surface area (Å²) >= 11 is 1.93. The molecule has 2 unspecified atom stereocenters. The van der Waals surface area contributed by atoms with Gasteiger partial charge in [0, 0.05) is 6.04 Å². The third-order valence-electron chi connectivity index (χ3n) is 3.94. The SMILES string of the molecule is CCCNC(CCSC)CC1OCCc2ccccc21. The van der Waals surface area contributed by atoms with Crippen LogP contribution in [0.15, 0.2) is 24.3 Å². The van der Waals surface area contributed by atoms with Crippen molar-refractivity contribution in [3.8, 4) is 0 Å². The predicted octanol–water partition coefficient (Wildman–Crippen LogP) is 3.81. The smallest absolute Gasteiger partial charge is 0.0842 e. The summed E-state index contributed by atoms with van der Waals surface area (Å²) in [5.74, 6) is 1.22. The first-order valence-electron chi connectivity index (χ1n) is 7.76. The highest BCUT2D eigenvalue weighted by atomic mass is 32.2. The Morgan fingerprint density at radius 1 is 1.40 bits per heavy atom. The second kappa shape index (κ2) is 8.71. The average Bonchev–Trinajstić information content (AvgIpc) is 2.50. The Balaban J connectivity index is 1.99. The van der Waals surface area contributed by atoms with E-state index >= 15 is 0 Å². The molecule has 0 aromatic heterocycles. The minimum Gasteiger partial charge on any atom is -0.373 e. The molecule has 1 aromatic rings. The highest BCUT2D eigenvalue weighted by molar-refractivity contribution is 7.98. The van der Waals surface area contributed by atoms with Crippen LogP contribution in [0, 0.1) is 0 Å². The van der Waals surface area contributed by atoms with E-state index in [-0.39, 0.29) is 6.10 Å². The average molecular weight is 293 g/mol. The molecule has 3 heteroatoms. The van der Waals surface area contributed by atoms with Crippen LogP contribution in [0.3, 0.4) is 0 Å². The van der Waals surface area contributed by atoms with Gasteiger partial charge in [0.15, 0.2) is 0 Å². The lowest BCUT2D eigenvalue weighted by atomic mass is 9.93. The van der Waals surface area contributed by atoms with Gasteiger partial charge in [0.25, 0.3) is 0 Å². The Morgan fingerprint density at radius 3 is 3.05 bits per heavy atom. The molecule has 0 amide bonds. The van der Waals surface area contributed by atoms with Crippen LogP contribution in [-0.2, 0) is 11.2 Å². The van der Waals surface area contributed by atoms with Gasteiger partial charge in [-0.25, -0.2) is 0 Å². The third kappa shape index (κ3) is 4.51. The normalized spacial score (nSPS) is 19.6. The van der Waals surface area contributed by atoms with Gasteiger partial charge in [0.1, 0.15) is 0 Å². The number of hydrogen-bond donors (Lipinski definition) is 1. The van der Waals surface area contributed by atoms with Crippen molar-refractivity contribution in [3.05, 3.63) is 35.4 Å². The fraction of sp³-hybridized carbons (Fsp3) is 0.647. The van der Waals surface area contributed by atoms with Crippen molar-refractivity contribution in [2.45, 2.75) is 44.8 Å². The summed E-state index contributed by atoms with van der Waals surface area (Å²) in [6.07, 6.45) is 7.03. The van der Waals surface area contributed by atoms with Gasteiger partial charge in [-0.3, -0.25) is 0 Å². The molecule has 0 radical (unpaired) electrons. The van der Waals surface area contributed by atoms with Gasteiger partial charge in [0.2, 0.25) is 0 Å². The number of thioether (sulfide) groups is 1. The van der Waals surface area contributed by atoms with Crippen molar-refractivity contribution in [1.82, 2.24) is 5.32 Å². The number of ether oxygens (including phenoxy) is 1. The van der Waals surface area contributed by atoms with Crippen molar-refractivity contribution >= 4 is 11.8 Å². The Kier molecular flexibility index (Phi) is 6.91. The fourth-order valence-corrected chi connectivity index (χ4v) is 3.36. The standard InChI is InChI=1S/C17H27NOS/c1-3-10-18-15(9-12-20-2)13-17-16-7-5-4-6-14(16)8-11-19-17/h4-7,15,17-18H,3,8-13H2,1-2H3. The van der Waals surface area contributed by atoms with Gasteiger partial charge in [-0.05, 0) is 55.4 Å². The summed E-state index contributed by atoms with van der Waals surface area (Å²) in [6.45, 7) is 4.20. The van der Waals surface area contributed by atoms with Crippen LogP contribution in [0.4, 0.5) is 0 Å². The molecule has 1 aromatic carbocycles. The van der Waals surface area contributed by atoms with Crippen molar-refractivity contribution in [2.75, 3.05) is 25.2 Å². The molecule has 2 atom stereocenters. The van der Waals surface area contributed by atoms with E-state index in [1.165, 1.54) is 29.7 Å². The summed E-state index contributed by atoms with van der Waals surface area (Å²) in [5, 5.41) is 3.69. The Labute approximate surface area is 127 Å². The molecule has 112 valence electrons. The van der Waals surface area contributed by atoms with Crippen molar-refractivity contribution in [2.24, 2.45) is 0 Å². The Morgan fingerprint density at radius 2 is 2.25 bits per heavy atom. The Bertz CT molecular complexity index is 388. The molecule has 0 fully saturated rings. The predicted molar refractivity (Wildman–Crippen MR) is 88.5 cm³/mol. The highest BCUT2D eigenvalue weighted by Gasteiger charge is 2.23. The summed E-state index contributed by atoms with van der Waals surface area (Å²) in [6, 6.07) is 9.34. The van der Waals surface area contributed by atoms with Gasteiger partial charge in [-0.1, -0.05) is 31.2 Å². The number of fused-ring (bicyclic) bond motifs is 1. The molecule has 1 aliphatic heterocycles. The maximum Gasteiger partial charge on any atom is 0.0842 e. The van der Waals surface area contributed by atoms with Crippen LogP contribution in [0.2, 0.25) is 0 Å². The van der Waals surface area contributed by atoms with E-state index < -0.39 is 0 Å². The van der Waals surface area contributed by atoms with E-state index in [4.69, 9.17) is 4.74 Å². The van der Waals surface area contributed by atoms with Crippen LogP contribution in [-0.4, -0.2) is 31.2 Å². The third-order valence-corrected chi connectivity index (χ3v) is 4.59. The molecule has 20 heavy (non-hydrogen) atoms. The van der Waals surface area contributed by atoms with Crippen molar-refractivity contribution in [3.63, 3.8) is 0 Å². The van der Waals surface area contributed by atoms with Gasteiger partial charge in [0.05, 0.1) is 12.7 Å². The van der Waals surface area contributed by atoms with E-state index in [2.05, 4.69) is 42.8 Å². The van der Waals surface area contributed by atoms with Crippen LogP contribution < -0.4 is 5.32 Å². The second-order valence-corrected chi connectivity index (χ2v) is 6.46. The van der Waals surface area contributed by atoms with Crippen LogP contribution in [0.25, 0.3) is 0 Å². The quantitative estimate of drug-likeness (QED) is 0.787. The molecule has 1 N–H and O–H groups in total. The number of hydrogen-bond acceptors (Lipinski definition) is 3. The topological polar surface area (TPSA) is 21.3 Å². The minimum absolute atomic E-state index is 0.274. The van der Waals surface area contributed by atoms with E-state index in [9.17, 15) is 0 Å². The molecule has 1 heterocycles. The van der Waals surface area contributed by atoms with E-state index in [0.29, 0.717) is 6.04 Å². The first kappa shape index (κ1) is 15.9. The van der Waals surface area contributed by atoms with Gasteiger partial charge in [-0.15, -0.1) is 0 Å². The zero-order chi connectivity index (χ0) is 14.2. The molecule has 0 aliphatic carbocycles. The zero-order valence-electron chi connectivity index (χ0n) is 12.7. The van der Waals surface area contributed by atoms with Gasteiger partial charge < -0.3 is 10.1 Å². The maximum absolute atomic E-state index is 6.05. The second-order valence-electron chi connectivity index (χ2n) is 5.48. The monoisotopic (exact) mass is 293 g/mol. The fourth-order valence-electron chi connectivity index (χ4n) is 2.84. The van der Waals surface area contributed by atoms with Gasteiger partial charge in [-0.2, -0.15) is 11.8 Å². The maximum atomic E-state index is 6.05. The molecule has 0 saturated carbocycles. The molecule has 0 saturated heterocycles. The van der Waals surface area contributed by atoms with Crippen LogP contribution in [0.5, 0.6) is 0 Å². The van der Waals surface area contributed by atoms with Crippen molar-refractivity contribution in [1.29, 1.82) is 0 Å². The molecule has 1 aliphatic rings. The van der Waals surface area contributed by atoms with Gasteiger partial charge >= 0.3 is 0 Å². The lowest BCUT2D eigenvalue weighted by Gasteiger charge is -2.29. The first-order chi connectivity index (χ1) is 9.85. The van der Waals surface area contributed by atoms with E-state index in [1.54, 1.807) is 0 Å². The molecule has 2 nitrogen and oxygen atoms in total. The van der Waals surface area contributed by atoms with E-state index in [0.717, 1.165) is 26.0 Å². The molecular formula is C17H27NOS. The Hall–Kier alpha value is -0.510. The molecule has 0 spiro atoms. The van der Waals surface area contributed by atoms with E-state index in [1.807, 2.05) is 11.8 Å². The first-order valence-corrected chi connectivity index (χ1v) is 9.16. The lowest BCUT2D eigenvalue weighted by Crippen LogP contribution is -2.33. The summed E-state index contributed by atoms with van der Waals surface area (Å²) in [4.78, 5) is 0. The summed E-state index contributed by atoms with van der Waals surface area (Å²) < 4.78 is 6.05. The lowest BCUT2D eigenvalue weighted by molar-refractivity contribution is 0.0293. The molecular weight excluding hydrogens is 266 g/mol. The van der Waals surface area contributed by atoms with Crippen LogP contribution in [0.1, 0.15) is 43.4 Å². The van der Waals surface area contributed by atoms with Crippen LogP contribution >= 0.6 is 11.8 Å². The largest absolute Gasteiger partial charge is 0.373 e. The number of rotatable bonds is 8. The van der Waals surface area contributed by atoms with Crippen molar-refractivity contribution < 1.29 is 4.74 Å². The summed E-state index contributed by atoms with van der Waals surface area (Å²) in [5.41, 5.74) is 2.88. The molecule has 0 bridgehead atoms.